The summed E-state index contributed by atoms with van der Waals surface area (Å²) in [6.07, 6.45) is 5.30. The summed E-state index contributed by atoms with van der Waals surface area (Å²) < 4.78 is 0. The summed E-state index contributed by atoms with van der Waals surface area (Å²) in [6.45, 7) is 5.90. The van der Waals surface area contributed by atoms with Crippen molar-refractivity contribution in [1.82, 2.24) is 20.5 Å². The van der Waals surface area contributed by atoms with Gasteiger partial charge in [-0.25, -0.2) is 0 Å². The topological polar surface area (TPSA) is 52.6 Å². The number of pyridine rings is 1. The Hall–Kier alpha value is -1.62. The fourth-order valence-corrected chi connectivity index (χ4v) is 2.60. The molecule has 0 aliphatic carbocycles. The van der Waals surface area contributed by atoms with E-state index in [1.165, 1.54) is 19.4 Å². The Morgan fingerprint density at radius 1 is 1.43 bits per heavy atom. The zero-order valence-corrected chi connectivity index (χ0v) is 13.2. The molecule has 0 amide bonds. The molecule has 2 rings (SSSR count). The molecule has 5 heteroatoms. The van der Waals surface area contributed by atoms with E-state index in [1.807, 2.05) is 18.3 Å². The molecule has 1 aromatic heterocycles. The molecular formula is C16H27N5. The van der Waals surface area contributed by atoms with Crippen molar-refractivity contribution in [1.29, 1.82) is 0 Å². The number of rotatable bonds is 6. The molecule has 21 heavy (non-hydrogen) atoms. The third kappa shape index (κ3) is 5.34. The van der Waals surface area contributed by atoms with Crippen LogP contribution >= 0.6 is 0 Å². The van der Waals surface area contributed by atoms with Gasteiger partial charge >= 0.3 is 0 Å². The van der Waals surface area contributed by atoms with Crippen molar-refractivity contribution in [2.45, 2.75) is 32.2 Å². The molecule has 1 aliphatic rings. The highest BCUT2D eigenvalue weighted by Gasteiger charge is 2.20. The molecule has 2 heterocycles. The molecule has 116 valence electrons. The molecule has 1 aromatic rings. The highest BCUT2D eigenvalue weighted by atomic mass is 15.2. The molecule has 2 N–H and O–H groups in total. The quantitative estimate of drug-likeness (QED) is 0.612. The molecule has 0 radical (unpaired) electrons. The summed E-state index contributed by atoms with van der Waals surface area (Å²) in [7, 11) is 2.19. The van der Waals surface area contributed by atoms with Gasteiger partial charge in [0.1, 0.15) is 0 Å². The third-order valence-electron chi connectivity index (χ3n) is 3.88. The molecule has 0 aromatic carbocycles. The minimum atomic E-state index is 0.594. The third-order valence-corrected chi connectivity index (χ3v) is 3.88. The normalized spacial score (nSPS) is 19.7. The van der Waals surface area contributed by atoms with E-state index in [9.17, 15) is 0 Å². The summed E-state index contributed by atoms with van der Waals surface area (Å²) in [6, 6.07) is 6.62. The van der Waals surface area contributed by atoms with Crippen LogP contribution in [-0.2, 0) is 6.42 Å². The van der Waals surface area contributed by atoms with Crippen LogP contribution in [0.4, 0.5) is 0 Å². The van der Waals surface area contributed by atoms with Crippen molar-refractivity contribution in [3.8, 4) is 0 Å². The van der Waals surface area contributed by atoms with E-state index in [0.29, 0.717) is 6.04 Å². The van der Waals surface area contributed by atoms with E-state index in [1.54, 1.807) is 0 Å². The van der Waals surface area contributed by atoms with Crippen LogP contribution in [0.3, 0.4) is 0 Å². The number of nitrogens with one attached hydrogen (secondary N) is 2. The maximum absolute atomic E-state index is 4.71. The number of aromatic nitrogens is 1. The molecule has 0 spiro atoms. The number of hydrogen-bond donors (Lipinski definition) is 2. The van der Waals surface area contributed by atoms with E-state index in [2.05, 4.69) is 40.6 Å². The zero-order chi connectivity index (χ0) is 14.9. The van der Waals surface area contributed by atoms with Gasteiger partial charge in [0.05, 0.1) is 6.54 Å². The van der Waals surface area contributed by atoms with Crippen molar-refractivity contribution < 1.29 is 0 Å². The highest BCUT2D eigenvalue weighted by molar-refractivity contribution is 5.79. The van der Waals surface area contributed by atoms with Gasteiger partial charge in [-0.3, -0.25) is 9.98 Å². The molecule has 1 saturated heterocycles. The minimum absolute atomic E-state index is 0.594. The second kappa shape index (κ2) is 8.62. The van der Waals surface area contributed by atoms with Gasteiger partial charge in [0.2, 0.25) is 0 Å². The average molecular weight is 289 g/mol. The lowest BCUT2D eigenvalue weighted by atomic mass is 10.2. The Balaban J connectivity index is 1.78. The van der Waals surface area contributed by atoms with Crippen molar-refractivity contribution >= 4 is 5.96 Å². The van der Waals surface area contributed by atoms with Crippen molar-refractivity contribution in [3.63, 3.8) is 0 Å². The lowest BCUT2D eigenvalue weighted by Gasteiger charge is -2.18. The van der Waals surface area contributed by atoms with Crippen molar-refractivity contribution in [2.24, 2.45) is 4.99 Å². The maximum Gasteiger partial charge on any atom is 0.191 e. The predicted molar refractivity (Wildman–Crippen MR) is 87.6 cm³/mol. The van der Waals surface area contributed by atoms with Gasteiger partial charge in [-0.05, 0) is 45.5 Å². The summed E-state index contributed by atoms with van der Waals surface area (Å²) in [4.78, 5) is 11.4. The first-order valence-corrected chi connectivity index (χ1v) is 7.92. The van der Waals surface area contributed by atoms with Gasteiger partial charge in [-0.2, -0.15) is 0 Å². The second-order valence-electron chi connectivity index (χ2n) is 5.49. The van der Waals surface area contributed by atoms with Crippen LogP contribution in [0.5, 0.6) is 0 Å². The maximum atomic E-state index is 4.71. The molecule has 1 unspecified atom stereocenters. The number of hydrogen-bond acceptors (Lipinski definition) is 3. The van der Waals surface area contributed by atoms with Gasteiger partial charge in [-0.15, -0.1) is 0 Å². The van der Waals surface area contributed by atoms with Crippen LogP contribution in [0.2, 0.25) is 0 Å². The van der Waals surface area contributed by atoms with E-state index < -0.39 is 0 Å². The standard InChI is InChI=1S/C16H27N5/c1-3-17-16(20-13-15-8-6-12-21(15)2)19-11-9-14-7-4-5-10-18-14/h4-5,7,10,15H,3,6,8-9,11-13H2,1-2H3,(H2,17,19,20). The summed E-state index contributed by atoms with van der Waals surface area (Å²) >= 11 is 0. The molecule has 1 aliphatic heterocycles. The largest absolute Gasteiger partial charge is 0.357 e. The Bertz CT molecular complexity index is 432. The second-order valence-corrected chi connectivity index (χ2v) is 5.49. The summed E-state index contributed by atoms with van der Waals surface area (Å²) in [5.74, 6) is 0.911. The van der Waals surface area contributed by atoms with Gasteiger partial charge in [0.25, 0.3) is 0 Å². The number of nitrogens with zero attached hydrogens (tertiary/aromatic N) is 3. The molecule has 0 bridgehead atoms. The minimum Gasteiger partial charge on any atom is -0.357 e. The Morgan fingerprint density at radius 3 is 3.00 bits per heavy atom. The summed E-state index contributed by atoms with van der Waals surface area (Å²) in [5, 5.41) is 6.70. The number of likely N-dealkylation sites (tertiary alicyclic amines) is 1. The van der Waals surface area contributed by atoms with Gasteiger partial charge in [0, 0.05) is 37.4 Å². The zero-order valence-electron chi connectivity index (χ0n) is 13.2. The van der Waals surface area contributed by atoms with Crippen LogP contribution in [0.15, 0.2) is 29.4 Å². The van der Waals surface area contributed by atoms with Crippen LogP contribution in [0.25, 0.3) is 0 Å². The molecule has 0 saturated carbocycles. The smallest absolute Gasteiger partial charge is 0.191 e. The lowest BCUT2D eigenvalue weighted by molar-refractivity contribution is 0.317. The SMILES string of the molecule is CCNC(=NCC1CCCN1C)NCCc1ccccn1. The lowest BCUT2D eigenvalue weighted by Crippen LogP contribution is -2.39. The molecular weight excluding hydrogens is 262 g/mol. The van der Waals surface area contributed by atoms with E-state index in [-0.39, 0.29) is 0 Å². The van der Waals surface area contributed by atoms with E-state index >= 15 is 0 Å². The van der Waals surface area contributed by atoms with Crippen molar-refractivity contribution in [3.05, 3.63) is 30.1 Å². The summed E-state index contributed by atoms with van der Waals surface area (Å²) in [5.41, 5.74) is 1.11. The van der Waals surface area contributed by atoms with Gasteiger partial charge < -0.3 is 15.5 Å². The molecule has 1 atom stereocenters. The Labute approximate surface area is 127 Å². The number of guanidine groups is 1. The van der Waals surface area contributed by atoms with Crippen LogP contribution in [0, 0.1) is 0 Å². The first-order valence-electron chi connectivity index (χ1n) is 7.92. The van der Waals surface area contributed by atoms with E-state index in [0.717, 1.165) is 37.7 Å². The van der Waals surface area contributed by atoms with E-state index in [4.69, 9.17) is 4.99 Å². The van der Waals surface area contributed by atoms with Gasteiger partial charge in [-0.1, -0.05) is 6.07 Å². The number of aliphatic imine (C=N–C) groups is 1. The van der Waals surface area contributed by atoms with Crippen LogP contribution in [0.1, 0.15) is 25.5 Å². The average Bonchev–Trinajstić information content (AvgIpc) is 2.91. The van der Waals surface area contributed by atoms with Crippen molar-refractivity contribution in [2.75, 3.05) is 33.2 Å². The Kier molecular flexibility index (Phi) is 6.47. The Morgan fingerprint density at radius 2 is 2.33 bits per heavy atom. The monoisotopic (exact) mass is 289 g/mol. The first kappa shape index (κ1) is 15.8. The first-order chi connectivity index (χ1) is 10.3. The predicted octanol–water partition coefficient (Wildman–Crippen LogP) is 1.27. The van der Waals surface area contributed by atoms with Crippen LogP contribution < -0.4 is 10.6 Å². The molecule has 5 nitrogen and oxygen atoms in total. The highest BCUT2D eigenvalue weighted by Crippen LogP contribution is 2.14. The fourth-order valence-electron chi connectivity index (χ4n) is 2.60. The van der Waals surface area contributed by atoms with Crippen LogP contribution in [-0.4, -0.2) is 55.1 Å². The molecule has 1 fully saturated rings. The number of likely N-dealkylation sites (N-methyl/N-ethyl adjacent to an activating group) is 1. The fraction of sp³-hybridized carbons (Fsp3) is 0.625. The van der Waals surface area contributed by atoms with Gasteiger partial charge in [0.15, 0.2) is 5.96 Å².